The lowest BCUT2D eigenvalue weighted by atomic mass is 10.1. The Morgan fingerprint density at radius 3 is 2.31 bits per heavy atom. The van der Waals surface area contributed by atoms with E-state index in [1.807, 2.05) is 6.92 Å². The van der Waals surface area contributed by atoms with Gasteiger partial charge in [0.25, 0.3) is 0 Å². The van der Waals surface area contributed by atoms with Gasteiger partial charge in [-0.3, -0.25) is 0 Å². The quantitative estimate of drug-likeness (QED) is 0.584. The Kier molecular flexibility index (Phi) is 4.17. The van der Waals surface area contributed by atoms with Crippen molar-refractivity contribution in [3.63, 3.8) is 0 Å². The Labute approximate surface area is 92.5 Å². The molecule has 0 atom stereocenters. The van der Waals surface area contributed by atoms with Crippen molar-refractivity contribution < 1.29 is 18.3 Å². The van der Waals surface area contributed by atoms with E-state index in [9.17, 15) is 13.6 Å². The highest BCUT2D eigenvalue weighted by atomic mass is 19.2. The minimum absolute atomic E-state index is 0.00737. The summed E-state index contributed by atoms with van der Waals surface area (Å²) in [4.78, 5) is 10.9. The zero-order valence-corrected chi connectivity index (χ0v) is 9.09. The number of hydrogen-bond donors (Lipinski definition) is 0. The molecule has 16 heavy (non-hydrogen) atoms. The van der Waals surface area contributed by atoms with E-state index in [0.717, 1.165) is 5.56 Å². The summed E-state index contributed by atoms with van der Waals surface area (Å²) in [6.45, 7) is 3.36. The molecule has 0 aliphatic heterocycles. The smallest absolute Gasteiger partial charge is 0.370 e. The van der Waals surface area contributed by atoms with Gasteiger partial charge in [-0.25, -0.2) is 9.18 Å². The van der Waals surface area contributed by atoms with Crippen LogP contribution < -0.4 is 0 Å². The number of hydrogen-bond acceptors (Lipinski definition) is 2. The fourth-order valence-electron chi connectivity index (χ4n) is 1.11. The first kappa shape index (κ1) is 12.4. The molecule has 0 aromatic heterocycles. The highest BCUT2D eigenvalue weighted by Gasteiger charge is 2.17. The zero-order valence-electron chi connectivity index (χ0n) is 9.09. The third-order valence-electron chi connectivity index (χ3n) is 1.95. The van der Waals surface area contributed by atoms with Crippen molar-refractivity contribution in [1.82, 2.24) is 0 Å². The van der Waals surface area contributed by atoms with Crippen molar-refractivity contribution in [3.8, 4) is 0 Å². The summed E-state index contributed by atoms with van der Waals surface area (Å²) < 4.78 is 31.0. The summed E-state index contributed by atoms with van der Waals surface area (Å²) in [5, 5.41) is 0. The second kappa shape index (κ2) is 5.39. The molecule has 1 aromatic rings. The van der Waals surface area contributed by atoms with E-state index in [4.69, 9.17) is 0 Å². The van der Waals surface area contributed by atoms with E-state index < -0.39 is 17.6 Å². The molecule has 1 aromatic carbocycles. The second-order valence-corrected chi connectivity index (χ2v) is 3.21. The number of ether oxygens (including phenoxy) is 1. The van der Waals surface area contributed by atoms with E-state index in [-0.39, 0.29) is 12.2 Å². The Bertz CT molecular complexity index is 408. The molecule has 0 aliphatic carbocycles. The standard InChI is InChI=1S/C12H12F2O2/c1-3-16-12(15)11(14)10(13)9-6-4-8(2)5-7-9/h4-7H,3H2,1-2H3. The fourth-order valence-corrected chi connectivity index (χ4v) is 1.11. The zero-order chi connectivity index (χ0) is 12.1. The molecule has 0 fully saturated rings. The molecule has 0 N–H and O–H groups in total. The maximum Gasteiger partial charge on any atom is 0.370 e. The number of carbonyl (C=O) groups is 1. The van der Waals surface area contributed by atoms with E-state index in [1.165, 1.54) is 19.1 Å². The first-order valence-corrected chi connectivity index (χ1v) is 4.85. The Morgan fingerprint density at radius 1 is 1.25 bits per heavy atom. The summed E-state index contributed by atoms with van der Waals surface area (Å²) in [6, 6.07) is 6.08. The predicted molar refractivity (Wildman–Crippen MR) is 56.9 cm³/mol. The van der Waals surface area contributed by atoms with Crippen LogP contribution in [0.2, 0.25) is 0 Å². The van der Waals surface area contributed by atoms with Crippen molar-refractivity contribution in [2.75, 3.05) is 6.61 Å². The van der Waals surface area contributed by atoms with Crippen LogP contribution in [0.4, 0.5) is 8.78 Å². The largest absolute Gasteiger partial charge is 0.461 e. The van der Waals surface area contributed by atoms with Gasteiger partial charge in [0.1, 0.15) is 0 Å². The lowest BCUT2D eigenvalue weighted by Crippen LogP contribution is -2.05. The van der Waals surface area contributed by atoms with Gasteiger partial charge < -0.3 is 4.74 Å². The molecular weight excluding hydrogens is 214 g/mol. The monoisotopic (exact) mass is 226 g/mol. The van der Waals surface area contributed by atoms with Gasteiger partial charge in [0, 0.05) is 5.56 Å². The van der Waals surface area contributed by atoms with Crippen molar-refractivity contribution in [3.05, 3.63) is 41.2 Å². The Morgan fingerprint density at radius 2 is 1.81 bits per heavy atom. The van der Waals surface area contributed by atoms with Crippen LogP contribution in [0.25, 0.3) is 5.83 Å². The van der Waals surface area contributed by atoms with E-state index >= 15 is 0 Å². The molecule has 0 amide bonds. The maximum absolute atomic E-state index is 13.4. The molecule has 4 heteroatoms. The summed E-state index contributed by atoms with van der Waals surface area (Å²) in [6.07, 6.45) is 0. The van der Waals surface area contributed by atoms with Gasteiger partial charge in [0.05, 0.1) is 6.61 Å². The van der Waals surface area contributed by atoms with Crippen LogP contribution in [0.5, 0.6) is 0 Å². The van der Waals surface area contributed by atoms with Crippen LogP contribution in [-0.2, 0) is 9.53 Å². The van der Waals surface area contributed by atoms with Gasteiger partial charge >= 0.3 is 5.97 Å². The van der Waals surface area contributed by atoms with Gasteiger partial charge in [-0.1, -0.05) is 29.8 Å². The highest BCUT2D eigenvalue weighted by molar-refractivity contribution is 5.93. The van der Waals surface area contributed by atoms with E-state index in [1.54, 1.807) is 12.1 Å². The second-order valence-electron chi connectivity index (χ2n) is 3.21. The Balaban J connectivity index is 2.99. The first-order chi connectivity index (χ1) is 7.56. The molecular formula is C12H12F2O2. The molecule has 86 valence electrons. The van der Waals surface area contributed by atoms with Crippen LogP contribution in [0.15, 0.2) is 30.1 Å². The summed E-state index contributed by atoms with van der Waals surface area (Å²) in [5.41, 5.74) is 0.948. The lowest BCUT2D eigenvalue weighted by Gasteiger charge is -2.02. The maximum atomic E-state index is 13.4. The van der Waals surface area contributed by atoms with Crippen molar-refractivity contribution in [2.24, 2.45) is 0 Å². The number of benzene rings is 1. The van der Waals surface area contributed by atoms with Gasteiger partial charge in [0.15, 0.2) is 5.83 Å². The lowest BCUT2D eigenvalue weighted by molar-refractivity contribution is -0.140. The third-order valence-corrected chi connectivity index (χ3v) is 1.95. The van der Waals surface area contributed by atoms with Gasteiger partial charge in [-0.05, 0) is 13.8 Å². The van der Waals surface area contributed by atoms with E-state index in [0.29, 0.717) is 0 Å². The average Bonchev–Trinajstić information content (AvgIpc) is 2.28. The summed E-state index contributed by atoms with van der Waals surface area (Å²) in [5.74, 6) is -3.97. The Hall–Kier alpha value is -1.71. The number of aryl methyl sites for hydroxylation is 1. The fraction of sp³-hybridized carbons (Fsp3) is 0.250. The molecule has 0 bridgehead atoms. The number of carbonyl (C=O) groups excluding carboxylic acids is 1. The molecule has 0 saturated heterocycles. The topological polar surface area (TPSA) is 26.3 Å². The number of rotatable bonds is 3. The predicted octanol–water partition coefficient (Wildman–Crippen LogP) is 3.17. The van der Waals surface area contributed by atoms with Gasteiger partial charge in [0.2, 0.25) is 5.83 Å². The normalized spacial score (nSPS) is 12.0. The number of halogens is 2. The SMILES string of the molecule is CCOC(=O)C(F)=C(F)c1ccc(C)cc1. The molecule has 1 rings (SSSR count). The van der Waals surface area contributed by atoms with Gasteiger partial charge in [-0.2, -0.15) is 4.39 Å². The van der Waals surface area contributed by atoms with Crippen LogP contribution in [0, 0.1) is 6.92 Å². The van der Waals surface area contributed by atoms with Crippen LogP contribution in [0.1, 0.15) is 18.1 Å². The van der Waals surface area contributed by atoms with Gasteiger partial charge in [-0.15, -0.1) is 0 Å². The molecule has 0 spiro atoms. The summed E-state index contributed by atoms with van der Waals surface area (Å²) >= 11 is 0. The van der Waals surface area contributed by atoms with Crippen LogP contribution in [-0.4, -0.2) is 12.6 Å². The van der Waals surface area contributed by atoms with Crippen molar-refractivity contribution >= 4 is 11.8 Å². The molecule has 0 heterocycles. The van der Waals surface area contributed by atoms with Crippen molar-refractivity contribution in [2.45, 2.75) is 13.8 Å². The van der Waals surface area contributed by atoms with Crippen LogP contribution >= 0.6 is 0 Å². The van der Waals surface area contributed by atoms with E-state index in [2.05, 4.69) is 4.74 Å². The molecule has 0 unspecified atom stereocenters. The van der Waals surface area contributed by atoms with Crippen molar-refractivity contribution in [1.29, 1.82) is 0 Å². The average molecular weight is 226 g/mol. The summed E-state index contributed by atoms with van der Waals surface area (Å²) in [7, 11) is 0. The number of esters is 1. The first-order valence-electron chi connectivity index (χ1n) is 4.85. The highest BCUT2D eigenvalue weighted by Crippen LogP contribution is 2.22. The molecule has 2 nitrogen and oxygen atoms in total. The van der Waals surface area contributed by atoms with Crippen LogP contribution in [0.3, 0.4) is 0 Å². The molecule has 0 radical (unpaired) electrons. The minimum atomic E-state index is -1.49. The minimum Gasteiger partial charge on any atom is -0.461 e. The molecule has 0 saturated carbocycles. The molecule has 0 aliphatic rings. The third kappa shape index (κ3) is 2.89.